The second-order valence-corrected chi connectivity index (χ2v) is 4.78. The molecule has 7 heteroatoms. The average Bonchev–Trinajstić information content (AvgIpc) is 2.12. The van der Waals surface area contributed by atoms with Gasteiger partial charge >= 0.3 is 17.9 Å². The van der Waals surface area contributed by atoms with Gasteiger partial charge in [0, 0.05) is 6.54 Å². The van der Waals surface area contributed by atoms with Crippen molar-refractivity contribution in [2.24, 2.45) is 0 Å². The van der Waals surface area contributed by atoms with Crippen LogP contribution in [0.5, 0.6) is 0 Å². The third-order valence-corrected chi connectivity index (χ3v) is 1.82. The zero-order chi connectivity index (χ0) is 14.3. The smallest absolute Gasteiger partial charge is 0.321 e. The van der Waals surface area contributed by atoms with Gasteiger partial charge in [0.25, 0.3) is 0 Å². The molecule has 0 fully saturated rings. The first kappa shape index (κ1) is 16.4. The summed E-state index contributed by atoms with van der Waals surface area (Å²) in [6, 6.07) is -1.20. The molecule has 7 nitrogen and oxygen atoms in total. The Bertz CT molecular complexity index is 320. The van der Waals surface area contributed by atoms with E-state index in [0.29, 0.717) is 0 Å². The molecule has 0 rings (SSSR count). The highest BCUT2D eigenvalue weighted by molar-refractivity contribution is 5.80. The summed E-state index contributed by atoms with van der Waals surface area (Å²) in [5, 5.41) is 19.7. The van der Waals surface area contributed by atoms with Crippen molar-refractivity contribution in [1.29, 1.82) is 0 Å². The van der Waals surface area contributed by atoms with Gasteiger partial charge in [0.15, 0.2) is 0 Å². The Hall–Kier alpha value is -1.63. The highest BCUT2D eigenvalue weighted by Gasteiger charge is 2.21. The summed E-state index contributed by atoms with van der Waals surface area (Å²) in [7, 11) is 0. The van der Waals surface area contributed by atoms with Crippen LogP contribution in [-0.2, 0) is 19.1 Å². The minimum atomic E-state index is -1.26. The summed E-state index contributed by atoms with van der Waals surface area (Å²) in [6.07, 6.45) is -0.551. The molecule has 0 aromatic rings. The molecule has 0 heterocycles. The van der Waals surface area contributed by atoms with Gasteiger partial charge in [-0.15, -0.1) is 0 Å². The molecule has 0 aromatic heterocycles. The Balaban J connectivity index is 4.03. The normalized spacial score (nSPS) is 12.8. The minimum Gasteiger partial charge on any atom is -0.481 e. The number of rotatable bonds is 7. The van der Waals surface area contributed by atoms with Gasteiger partial charge in [0.05, 0.1) is 12.8 Å². The maximum Gasteiger partial charge on any atom is 0.321 e. The van der Waals surface area contributed by atoms with Crippen molar-refractivity contribution in [3.63, 3.8) is 0 Å². The molecule has 0 radical (unpaired) electrons. The summed E-state index contributed by atoms with van der Waals surface area (Å²) in [4.78, 5) is 32.4. The van der Waals surface area contributed by atoms with Gasteiger partial charge in [-0.25, -0.2) is 0 Å². The predicted molar refractivity (Wildman–Crippen MR) is 62.1 cm³/mol. The Labute approximate surface area is 105 Å². The van der Waals surface area contributed by atoms with Gasteiger partial charge in [0.1, 0.15) is 11.6 Å². The van der Waals surface area contributed by atoms with E-state index in [1.165, 1.54) is 0 Å². The molecule has 1 unspecified atom stereocenters. The molecule has 0 aliphatic rings. The summed E-state index contributed by atoms with van der Waals surface area (Å²) in [5.74, 6) is -2.94. The molecule has 0 aromatic carbocycles. The lowest BCUT2D eigenvalue weighted by atomic mass is 10.2. The molecule has 0 amide bonds. The quantitative estimate of drug-likeness (QED) is 0.562. The van der Waals surface area contributed by atoms with Crippen molar-refractivity contribution in [2.45, 2.75) is 45.3 Å². The molecule has 0 saturated heterocycles. The van der Waals surface area contributed by atoms with Crippen LogP contribution in [-0.4, -0.2) is 46.3 Å². The summed E-state index contributed by atoms with van der Waals surface area (Å²) < 4.78 is 5.02. The molecule has 18 heavy (non-hydrogen) atoms. The van der Waals surface area contributed by atoms with Crippen molar-refractivity contribution in [3.05, 3.63) is 0 Å². The van der Waals surface area contributed by atoms with Crippen molar-refractivity contribution in [1.82, 2.24) is 5.32 Å². The molecule has 1 atom stereocenters. The maximum atomic E-state index is 11.3. The molecule has 0 bridgehead atoms. The van der Waals surface area contributed by atoms with Gasteiger partial charge in [-0.2, -0.15) is 0 Å². The van der Waals surface area contributed by atoms with Crippen molar-refractivity contribution < 1.29 is 29.3 Å². The Morgan fingerprint density at radius 3 is 2.17 bits per heavy atom. The van der Waals surface area contributed by atoms with E-state index in [4.69, 9.17) is 14.9 Å². The van der Waals surface area contributed by atoms with Crippen LogP contribution in [0.4, 0.5) is 0 Å². The molecule has 0 spiro atoms. The molecule has 0 saturated carbocycles. The highest BCUT2D eigenvalue weighted by atomic mass is 16.6. The standard InChI is InChI=1S/C11H19NO6/c1-11(2,3)18-9(15)4-5-12-7(10(16)17)6-8(13)14/h7,12H,4-6H2,1-3H3,(H,13,14)(H,16,17). The molecule has 104 valence electrons. The van der Waals surface area contributed by atoms with Gasteiger partial charge in [0.2, 0.25) is 0 Å². The topological polar surface area (TPSA) is 113 Å². The van der Waals surface area contributed by atoms with Crippen molar-refractivity contribution in [3.8, 4) is 0 Å². The van der Waals surface area contributed by atoms with Gasteiger partial charge in [-0.05, 0) is 20.8 Å². The predicted octanol–water partition coefficient (Wildman–Crippen LogP) is 0.236. The summed E-state index contributed by atoms with van der Waals surface area (Å²) in [5.41, 5.74) is -0.593. The van der Waals surface area contributed by atoms with Crippen LogP contribution in [0, 0.1) is 0 Å². The number of hydrogen-bond acceptors (Lipinski definition) is 5. The monoisotopic (exact) mass is 261 g/mol. The Kier molecular flexibility index (Phi) is 6.32. The van der Waals surface area contributed by atoms with Crippen LogP contribution in [0.2, 0.25) is 0 Å². The van der Waals surface area contributed by atoms with E-state index < -0.39 is 36.0 Å². The van der Waals surface area contributed by atoms with Crippen LogP contribution in [0.1, 0.15) is 33.6 Å². The first-order chi connectivity index (χ1) is 8.11. The zero-order valence-corrected chi connectivity index (χ0v) is 10.7. The van der Waals surface area contributed by atoms with Crippen LogP contribution < -0.4 is 5.32 Å². The molecular weight excluding hydrogens is 242 g/mol. The van der Waals surface area contributed by atoms with E-state index in [9.17, 15) is 14.4 Å². The largest absolute Gasteiger partial charge is 0.481 e. The van der Waals surface area contributed by atoms with E-state index in [1.807, 2.05) is 0 Å². The number of carboxylic acid groups (broad SMARTS) is 2. The molecule has 0 aliphatic heterocycles. The Morgan fingerprint density at radius 1 is 1.22 bits per heavy atom. The Morgan fingerprint density at radius 2 is 1.78 bits per heavy atom. The first-order valence-corrected chi connectivity index (χ1v) is 5.51. The number of aliphatic carboxylic acids is 2. The summed E-state index contributed by atoms with van der Waals surface area (Å²) >= 11 is 0. The number of carbonyl (C=O) groups excluding carboxylic acids is 1. The second kappa shape index (κ2) is 6.95. The SMILES string of the molecule is CC(C)(C)OC(=O)CCNC(CC(=O)O)C(=O)O. The van der Waals surface area contributed by atoms with E-state index in [2.05, 4.69) is 5.32 Å². The minimum absolute atomic E-state index is 0.0132. The van der Waals surface area contributed by atoms with E-state index in [-0.39, 0.29) is 13.0 Å². The highest BCUT2D eigenvalue weighted by Crippen LogP contribution is 2.07. The lowest BCUT2D eigenvalue weighted by molar-refractivity contribution is -0.155. The van der Waals surface area contributed by atoms with E-state index >= 15 is 0 Å². The van der Waals surface area contributed by atoms with Crippen LogP contribution in [0.3, 0.4) is 0 Å². The number of carboxylic acids is 2. The molecule has 0 aliphatic carbocycles. The van der Waals surface area contributed by atoms with Crippen LogP contribution in [0.25, 0.3) is 0 Å². The lowest BCUT2D eigenvalue weighted by Crippen LogP contribution is -2.40. The van der Waals surface area contributed by atoms with Crippen molar-refractivity contribution >= 4 is 17.9 Å². The van der Waals surface area contributed by atoms with Gasteiger partial charge in [-0.1, -0.05) is 0 Å². The third kappa shape index (κ3) is 8.51. The lowest BCUT2D eigenvalue weighted by Gasteiger charge is -2.19. The fourth-order valence-electron chi connectivity index (χ4n) is 1.16. The zero-order valence-electron chi connectivity index (χ0n) is 10.7. The average molecular weight is 261 g/mol. The number of ether oxygens (including phenoxy) is 1. The summed E-state index contributed by atoms with van der Waals surface area (Å²) in [6.45, 7) is 5.23. The van der Waals surface area contributed by atoms with Gasteiger partial charge < -0.3 is 20.3 Å². The number of carbonyl (C=O) groups is 3. The fourth-order valence-corrected chi connectivity index (χ4v) is 1.16. The van der Waals surface area contributed by atoms with Crippen LogP contribution in [0.15, 0.2) is 0 Å². The number of nitrogens with one attached hydrogen (secondary N) is 1. The number of hydrogen-bond donors (Lipinski definition) is 3. The number of esters is 1. The second-order valence-electron chi connectivity index (χ2n) is 4.78. The third-order valence-electron chi connectivity index (χ3n) is 1.82. The molecular formula is C11H19NO6. The van der Waals surface area contributed by atoms with Gasteiger partial charge in [-0.3, -0.25) is 14.4 Å². The molecule has 3 N–H and O–H groups in total. The first-order valence-electron chi connectivity index (χ1n) is 5.51. The fraction of sp³-hybridized carbons (Fsp3) is 0.727. The van der Waals surface area contributed by atoms with E-state index in [0.717, 1.165) is 0 Å². The van der Waals surface area contributed by atoms with E-state index in [1.54, 1.807) is 20.8 Å². The maximum absolute atomic E-state index is 11.3. The van der Waals surface area contributed by atoms with Crippen LogP contribution >= 0.6 is 0 Å². The van der Waals surface area contributed by atoms with Crippen molar-refractivity contribution in [2.75, 3.05) is 6.54 Å².